The highest BCUT2D eigenvalue weighted by Gasteiger charge is 2.07. The Kier molecular flexibility index (Phi) is 2.84. The number of halogens is 1. The molecule has 0 saturated carbocycles. The second-order valence-corrected chi connectivity index (χ2v) is 3.66. The molecule has 1 aromatic carbocycles. The Morgan fingerprint density at radius 1 is 1.25 bits per heavy atom. The zero-order valence-corrected chi connectivity index (χ0v) is 9.36. The third-order valence-electron chi connectivity index (χ3n) is 2.15. The summed E-state index contributed by atoms with van der Waals surface area (Å²) < 4.78 is 0. The molecule has 0 bridgehead atoms. The highest BCUT2D eigenvalue weighted by Crippen LogP contribution is 2.22. The summed E-state index contributed by atoms with van der Waals surface area (Å²) in [6.07, 6.45) is 0. The van der Waals surface area contributed by atoms with Gasteiger partial charge in [-0.1, -0.05) is 18.2 Å². The van der Waals surface area contributed by atoms with Crippen molar-refractivity contribution in [2.45, 2.75) is 6.92 Å². The van der Waals surface area contributed by atoms with Gasteiger partial charge in [-0.25, -0.2) is 9.97 Å². The molecule has 2 rings (SSSR count). The lowest BCUT2D eigenvalue weighted by Gasteiger charge is -2.04. The van der Waals surface area contributed by atoms with Crippen LogP contribution in [0.15, 0.2) is 30.3 Å². The van der Waals surface area contributed by atoms with Gasteiger partial charge in [-0.15, -0.1) is 0 Å². The van der Waals surface area contributed by atoms with E-state index in [1.54, 1.807) is 6.07 Å². The van der Waals surface area contributed by atoms with Gasteiger partial charge in [-0.3, -0.25) is 0 Å². The van der Waals surface area contributed by atoms with Gasteiger partial charge >= 0.3 is 0 Å². The minimum absolute atomic E-state index is 0.197. The molecule has 1 aromatic heterocycles. The predicted molar refractivity (Wildman–Crippen MR) is 61.9 cm³/mol. The van der Waals surface area contributed by atoms with Gasteiger partial charge in [0.25, 0.3) is 0 Å². The van der Waals surface area contributed by atoms with Crippen LogP contribution in [-0.4, -0.2) is 9.97 Å². The minimum Gasteiger partial charge on any atom is -0.223 e. The monoisotopic (exact) mass is 229 g/mol. The summed E-state index contributed by atoms with van der Waals surface area (Å²) in [5, 5.41) is 9.19. The van der Waals surface area contributed by atoms with Crippen molar-refractivity contribution in [3.63, 3.8) is 0 Å². The highest BCUT2D eigenvalue weighted by atomic mass is 35.5. The van der Waals surface area contributed by atoms with Crippen molar-refractivity contribution in [1.82, 2.24) is 9.97 Å². The zero-order chi connectivity index (χ0) is 11.5. The zero-order valence-electron chi connectivity index (χ0n) is 8.61. The molecule has 0 unspecified atom stereocenters. The summed E-state index contributed by atoms with van der Waals surface area (Å²) in [5.41, 5.74) is 2.81. The van der Waals surface area contributed by atoms with Crippen molar-refractivity contribution >= 4 is 11.6 Å². The Bertz CT molecular complexity index is 552. The molecule has 4 heteroatoms. The molecule has 0 radical (unpaired) electrons. The topological polar surface area (TPSA) is 49.6 Å². The smallest absolute Gasteiger partial charge is 0.223 e. The largest absolute Gasteiger partial charge is 0.223 e. The average molecular weight is 230 g/mol. The second-order valence-electron chi connectivity index (χ2n) is 3.32. The van der Waals surface area contributed by atoms with Crippen LogP contribution in [0.4, 0.5) is 0 Å². The maximum atomic E-state index is 8.99. The van der Waals surface area contributed by atoms with Crippen LogP contribution in [0, 0.1) is 18.3 Å². The maximum absolute atomic E-state index is 8.99. The number of hydrogen-bond acceptors (Lipinski definition) is 3. The molecular formula is C12H8ClN3. The van der Waals surface area contributed by atoms with Gasteiger partial charge < -0.3 is 0 Å². The molecule has 16 heavy (non-hydrogen) atoms. The van der Waals surface area contributed by atoms with Crippen LogP contribution in [0.3, 0.4) is 0 Å². The van der Waals surface area contributed by atoms with E-state index in [-0.39, 0.29) is 5.28 Å². The molecule has 0 fully saturated rings. The molecule has 3 nitrogen and oxygen atoms in total. The van der Waals surface area contributed by atoms with Gasteiger partial charge in [-0.05, 0) is 30.7 Å². The summed E-state index contributed by atoms with van der Waals surface area (Å²) in [4.78, 5) is 8.10. The van der Waals surface area contributed by atoms with Crippen molar-refractivity contribution in [2.24, 2.45) is 0 Å². The SMILES string of the molecule is Cc1cc(-c2ccccc2C#N)nc(Cl)n1. The van der Waals surface area contributed by atoms with Crippen molar-refractivity contribution in [3.05, 3.63) is 46.9 Å². The van der Waals surface area contributed by atoms with Crippen LogP contribution < -0.4 is 0 Å². The van der Waals surface area contributed by atoms with Crippen LogP contribution in [-0.2, 0) is 0 Å². The Hall–Kier alpha value is -1.92. The van der Waals surface area contributed by atoms with Crippen LogP contribution >= 0.6 is 11.6 Å². The fourth-order valence-corrected chi connectivity index (χ4v) is 1.70. The Labute approximate surface area is 98.4 Å². The molecule has 2 aromatic rings. The quantitative estimate of drug-likeness (QED) is 0.707. The van der Waals surface area contributed by atoms with E-state index < -0.39 is 0 Å². The van der Waals surface area contributed by atoms with Crippen LogP contribution in [0.25, 0.3) is 11.3 Å². The first-order valence-corrected chi connectivity index (χ1v) is 5.09. The molecule has 0 amide bonds. The third kappa shape index (κ3) is 2.02. The first-order valence-electron chi connectivity index (χ1n) is 4.71. The van der Waals surface area contributed by atoms with E-state index in [0.29, 0.717) is 11.3 Å². The lowest BCUT2D eigenvalue weighted by molar-refractivity contribution is 1.11. The predicted octanol–water partition coefficient (Wildman–Crippen LogP) is 2.98. The Morgan fingerprint density at radius 3 is 2.69 bits per heavy atom. The van der Waals surface area contributed by atoms with Gasteiger partial charge in [-0.2, -0.15) is 5.26 Å². The van der Waals surface area contributed by atoms with E-state index >= 15 is 0 Å². The molecule has 0 saturated heterocycles. The molecular weight excluding hydrogens is 222 g/mol. The number of nitrogens with zero attached hydrogens (tertiary/aromatic N) is 3. The molecule has 0 N–H and O–H groups in total. The van der Waals surface area contributed by atoms with Crippen LogP contribution in [0.1, 0.15) is 11.3 Å². The molecule has 78 valence electrons. The first kappa shape index (κ1) is 10.6. The molecule has 0 aliphatic rings. The van der Waals surface area contributed by atoms with E-state index in [0.717, 1.165) is 11.3 Å². The van der Waals surface area contributed by atoms with E-state index in [1.165, 1.54) is 0 Å². The van der Waals surface area contributed by atoms with E-state index in [4.69, 9.17) is 16.9 Å². The normalized spacial score (nSPS) is 9.81. The average Bonchev–Trinajstić information content (AvgIpc) is 2.27. The molecule has 0 aliphatic heterocycles. The first-order chi connectivity index (χ1) is 7.70. The van der Waals surface area contributed by atoms with Gasteiger partial charge in [0, 0.05) is 11.3 Å². The highest BCUT2D eigenvalue weighted by molar-refractivity contribution is 6.28. The molecule has 0 spiro atoms. The second kappa shape index (κ2) is 4.30. The molecule has 0 aliphatic carbocycles. The van der Waals surface area contributed by atoms with Crippen molar-refractivity contribution < 1.29 is 0 Å². The summed E-state index contributed by atoms with van der Waals surface area (Å²) in [6, 6.07) is 11.2. The van der Waals surface area contributed by atoms with E-state index in [9.17, 15) is 0 Å². The van der Waals surface area contributed by atoms with Gasteiger partial charge in [0.15, 0.2) is 0 Å². The molecule has 0 atom stereocenters. The van der Waals surface area contributed by atoms with Crippen molar-refractivity contribution in [1.29, 1.82) is 5.26 Å². The van der Waals surface area contributed by atoms with Gasteiger partial charge in [0.05, 0.1) is 17.3 Å². The lowest BCUT2D eigenvalue weighted by atomic mass is 10.1. The minimum atomic E-state index is 0.197. The maximum Gasteiger partial charge on any atom is 0.223 e. The number of nitriles is 1. The fourth-order valence-electron chi connectivity index (χ4n) is 1.47. The van der Waals surface area contributed by atoms with Gasteiger partial charge in [0.2, 0.25) is 5.28 Å². The van der Waals surface area contributed by atoms with Crippen molar-refractivity contribution in [3.8, 4) is 17.3 Å². The van der Waals surface area contributed by atoms with Crippen molar-refractivity contribution in [2.75, 3.05) is 0 Å². The number of aryl methyl sites for hydroxylation is 1. The fraction of sp³-hybridized carbons (Fsp3) is 0.0833. The number of rotatable bonds is 1. The summed E-state index contributed by atoms with van der Waals surface area (Å²) in [5.74, 6) is 0. The standard InChI is InChI=1S/C12H8ClN3/c1-8-6-11(16-12(13)15-8)10-5-3-2-4-9(10)7-14/h2-6H,1H3. The lowest BCUT2D eigenvalue weighted by Crippen LogP contribution is -1.92. The number of hydrogen-bond donors (Lipinski definition) is 0. The third-order valence-corrected chi connectivity index (χ3v) is 2.32. The van der Waals surface area contributed by atoms with Gasteiger partial charge in [0.1, 0.15) is 0 Å². The Morgan fingerprint density at radius 2 is 2.00 bits per heavy atom. The van der Waals surface area contributed by atoms with Crippen LogP contribution in [0.2, 0.25) is 5.28 Å². The Balaban J connectivity index is 2.63. The number of aromatic nitrogens is 2. The van der Waals surface area contributed by atoms with E-state index in [2.05, 4.69) is 16.0 Å². The summed E-state index contributed by atoms with van der Waals surface area (Å²) >= 11 is 5.79. The van der Waals surface area contributed by atoms with Crippen LogP contribution in [0.5, 0.6) is 0 Å². The summed E-state index contributed by atoms with van der Waals surface area (Å²) in [7, 11) is 0. The summed E-state index contributed by atoms with van der Waals surface area (Å²) in [6.45, 7) is 1.84. The molecule has 1 heterocycles. The number of benzene rings is 1. The van der Waals surface area contributed by atoms with E-state index in [1.807, 2.05) is 31.2 Å².